The van der Waals surface area contributed by atoms with Crippen molar-refractivity contribution in [1.29, 1.82) is 0 Å². The third-order valence-corrected chi connectivity index (χ3v) is 4.10. The van der Waals surface area contributed by atoms with E-state index in [0.29, 0.717) is 11.1 Å². The molecule has 0 aliphatic carbocycles. The number of halogens is 4. The second-order valence-electron chi connectivity index (χ2n) is 3.69. The average Bonchev–Trinajstić information content (AvgIpc) is 2.36. The molecule has 2 rings (SSSR count). The summed E-state index contributed by atoms with van der Waals surface area (Å²) in [4.78, 5) is 11.2. The average molecular weight is 336 g/mol. The maximum absolute atomic E-state index is 11.2. The Kier molecular flexibility index (Phi) is 4.26. The molecule has 0 aliphatic rings. The summed E-state index contributed by atoms with van der Waals surface area (Å²) in [6, 6.07) is 7.82. The van der Waals surface area contributed by atoms with Gasteiger partial charge in [-0.1, -0.05) is 64.6 Å². The molecule has 0 saturated heterocycles. The van der Waals surface area contributed by atoms with Crippen molar-refractivity contribution >= 4 is 52.4 Å². The van der Waals surface area contributed by atoms with Gasteiger partial charge in [-0.15, -0.1) is 0 Å². The molecule has 0 aliphatic heterocycles. The van der Waals surface area contributed by atoms with Crippen molar-refractivity contribution in [3.05, 3.63) is 56.0 Å². The zero-order valence-corrected chi connectivity index (χ0v) is 12.3. The quantitative estimate of drug-likeness (QED) is 0.567. The van der Waals surface area contributed by atoms with Crippen molar-refractivity contribution < 1.29 is 9.90 Å². The van der Waals surface area contributed by atoms with E-state index in [1.165, 1.54) is 12.1 Å². The minimum absolute atomic E-state index is 0.0877. The number of hydrogen-bond donors (Lipinski definition) is 1. The van der Waals surface area contributed by atoms with Gasteiger partial charge in [-0.05, 0) is 17.7 Å². The van der Waals surface area contributed by atoms with Gasteiger partial charge in [0, 0.05) is 5.56 Å². The number of carbonyl (C=O) groups is 1. The topological polar surface area (TPSA) is 37.3 Å². The summed E-state index contributed by atoms with van der Waals surface area (Å²) in [5.74, 6) is -1.08. The second-order valence-corrected chi connectivity index (χ2v) is 5.26. The van der Waals surface area contributed by atoms with Crippen LogP contribution in [0, 0.1) is 0 Å². The van der Waals surface area contributed by atoms with Crippen LogP contribution in [-0.4, -0.2) is 11.1 Å². The number of benzene rings is 2. The lowest BCUT2D eigenvalue weighted by Gasteiger charge is -2.12. The van der Waals surface area contributed by atoms with Crippen LogP contribution in [0.2, 0.25) is 20.1 Å². The first kappa shape index (κ1) is 14.5. The van der Waals surface area contributed by atoms with Gasteiger partial charge >= 0.3 is 5.97 Å². The predicted octanol–water partition coefficient (Wildman–Crippen LogP) is 5.67. The first-order valence-corrected chi connectivity index (χ1v) is 6.60. The molecule has 6 heteroatoms. The Bertz CT molecular complexity index is 668. The van der Waals surface area contributed by atoms with Crippen LogP contribution in [0.25, 0.3) is 11.1 Å². The number of hydrogen-bond acceptors (Lipinski definition) is 1. The van der Waals surface area contributed by atoms with E-state index < -0.39 is 5.97 Å². The van der Waals surface area contributed by atoms with Gasteiger partial charge in [0.15, 0.2) is 0 Å². The monoisotopic (exact) mass is 334 g/mol. The van der Waals surface area contributed by atoms with Crippen molar-refractivity contribution in [2.75, 3.05) is 0 Å². The maximum Gasteiger partial charge on any atom is 0.336 e. The highest BCUT2D eigenvalue weighted by Gasteiger charge is 2.19. The Morgan fingerprint density at radius 3 is 2.21 bits per heavy atom. The molecule has 0 fully saturated rings. The molecule has 1 N–H and O–H groups in total. The minimum atomic E-state index is -1.08. The van der Waals surface area contributed by atoms with Crippen LogP contribution in [0.4, 0.5) is 0 Å². The van der Waals surface area contributed by atoms with E-state index in [4.69, 9.17) is 46.4 Å². The number of aromatic carboxylic acids is 1. The lowest BCUT2D eigenvalue weighted by molar-refractivity contribution is 0.0698. The lowest BCUT2D eigenvalue weighted by atomic mass is 9.99. The van der Waals surface area contributed by atoms with Crippen LogP contribution < -0.4 is 0 Å². The molecular formula is C13H6Cl4O2. The van der Waals surface area contributed by atoms with Gasteiger partial charge < -0.3 is 5.11 Å². The molecule has 0 unspecified atom stereocenters. The zero-order chi connectivity index (χ0) is 14.2. The Morgan fingerprint density at radius 1 is 0.947 bits per heavy atom. The second kappa shape index (κ2) is 5.59. The summed E-state index contributed by atoms with van der Waals surface area (Å²) in [6.45, 7) is 0. The third-order valence-electron chi connectivity index (χ3n) is 2.54. The van der Waals surface area contributed by atoms with Crippen molar-refractivity contribution in [1.82, 2.24) is 0 Å². The van der Waals surface area contributed by atoms with Crippen LogP contribution in [0.15, 0.2) is 30.3 Å². The molecule has 98 valence electrons. The lowest BCUT2D eigenvalue weighted by Crippen LogP contribution is -2.00. The van der Waals surface area contributed by atoms with Crippen molar-refractivity contribution in [3.63, 3.8) is 0 Å². The molecule has 0 spiro atoms. The summed E-state index contributed by atoms with van der Waals surface area (Å²) in [7, 11) is 0. The molecule has 2 nitrogen and oxygen atoms in total. The van der Waals surface area contributed by atoms with E-state index >= 15 is 0 Å². The van der Waals surface area contributed by atoms with Crippen molar-refractivity contribution in [2.24, 2.45) is 0 Å². The van der Waals surface area contributed by atoms with Gasteiger partial charge in [-0.25, -0.2) is 4.79 Å². The molecule has 2 aromatic rings. The summed E-state index contributed by atoms with van der Waals surface area (Å²) >= 11 is 24.0. The molecule has 0 atom stereocenters. The first-order valence-electron chi connectivity index (χ1n) is 5.09. The normalized spacial score (nSPS) is 10.5. The summed E-state index contributed by atoms with van der Waals surface area (Å²) in [5, 5.41) is 9.92. The number of carboxylic acid groups (broad SMARTS) is 1. The van der Waals surface area contributed by atoms with Gasteiger partial charge in [0.05, 0.1) is 25.7 Å². The molecule has 0 amide bonds. The standard InChI is InChI=1S/C13H6Cl4O2/c14-8-5-9(15)11(16)12(17)10(8)6-3-1-2-4-7(6)13(18)19/h1-5H,(H,18,19). The van der Waals surface area contributed by atoms with E-state index in [9.17, 15) is 9.90 Å². The molecule has 0 heterocycles. The maximum atomic E-state index is 11.2. The fraction of sp³-hybridized carbons (Fsp3) is 0. The number of rotatable bonds is 2. The number of carboxylic acids is 1. The predicted molar refractivity (Wildman–Crippen MR) is 78.9 cm³/mol. The van der Waals surface area contributed by atoms with E-state index in [1.54, 1.807) is 18.2 Å². The van der Waals surface area contributed by atoms with Crippen LogP contribution in [0.1, 0.15) is 10.4 Å². The van der Waals surface area contributed by atoms with Crippen LogP contribution in [0.3, 0.4) is 0 Å². The molecule has 0 radical (unpaired) electrons. The minimum Gasteiger partial charge on any atom is -0.478 e. The van der Waals surface area contributed by atoms with Crippen molar-refractivity contribution in [2.45, 2.75) is 0 Å². The molecule has 0 saturated carbocycles. The molecule has 2 aromatic carbocycles. The van der Waals surface area contributed by atoms with E-state index in [2.05, 4.69) is 0 Å². The van der Waals surface area contributed by atoms with Crippen LogP contribution >= 0.6 is 46.4 Å². The zero-order valence-electron chi connectivity index (χ0n) is 9.25. The van der Waals surface area contributed by atoms with E-state index in [0.717, 1.165) is 0 Å². The van der Waals surface area contributed by atoms with Crippen molar-refractivity contribution in [3.8, 4) is 11.1 Å². The van der Waals surface area contributed by atoms with Crippen LogP contribution in [-0.2, 0) is 0 Å². The van der Waals surface area contributed by atoms with Gasteiger partial charge in [0.1, 0.15) is 0 Å². The summed E-state index contributed by atoms with van der Waals surface area (Å²) < 4.78 is 0. The smallest absolute Gasteiger partial charge is 0.336 e. The Labute approximate surface area is 129 Å². The summed E-state index contributed by atoms with van der Waals surface area (Å²) in [6.07, 6.45) is 0. The van der Waals surface area contributed by atoms with Gasteiger partial charge in [-0.3, -0.25) is 0 Å². The highest BCUT2D eigenvalue weighted by Crippen LogP contribution is 2.43. The van der Waals surface area contributed by atoms with Gasteiger partial charge in [0.25, 0.3) is 0 Å². The molecule has 0 aromatic heterocycles. The fourth-order valence-electron chi connectivity index (χ4n) is 1.70. The van der Waals surface area contributed by atoms with E-state index in [-0.39, 0.29) is 25.7 Å². The largest absolute Gasteiger partial charge is 0.478 e. The molecule has 0 bridgehead atoms. The highest BCUT2D eigenvalue weighted by molar-refractivity contribution is 6.51. The van der Waals surface area contributed by atoms with E-state index in [1.807, 2.05) is 0 Å². The Balaban J connectivity index is 2.80. The molecule has 19 heavy (non-hydrogen) atoms. The third kappa shape index (κ3) is 2.67. The SMILES string of the molecule is O=C(O)c1ccccc1-c1c(Cl)cc(Cl)c(Cl)c1Cl. The highest BCUT2D eigenvalue weighted by atomic mass is 35.5. The Morgan fingerprint density at radius 2 is 1.58 bits per heavy atom. The van der Waals surface area contributed by atoms with Gasteiger partial charge in [-0.2, -0.15) is 0 Å². The van der Waals surface area contributed by atoms with Gasteiger partial charge in [0.2, 0.25) is 0 Å². The van der Waals surface area contributed by atoms with Crippen LogP contribution in [0.5, 0.6) is 0 Å². The first-order chi connectivity index (χ1) is 8.93. The molecular weight excluding hydrogens is 330 g/mol. The summed E-state index contributed by atoms with van der Waals surface area (Å²) in [5.41, 5.74) is 0.837. The Hall–Kier alpha value is -0.930. The fourth-order valence-corrected chi connectivity index (χ4v) is 2.82.